The second-order valence-electron chi connectivity index (χ2n) is 5.50. The van der Waals surface area contributed by atoms with Gasteiger partial charge in [0.2, 0.25) is 0 Å². The van der Waals surface area contributed by atoms with Crippen molar-refractivity contribution < 1.29 is 4.74 Å². The summed E-state index contributed by atoms with van der Waals surface area (Å²) in [4.78, 5) is 2.57. The molecule has 0 saturated carbocycles. The molecular formula is C16H24BrClN2O. The quantitative estimate of drug-likeness (QED) is 0.781. The molecule has 5 heteroatoms. The van der Waals surface area contributed by atoms with Crippen LogP contribution in [0.1, 0.15) is 25.7 Å². The summed E-state index contributed by atoms with van der Waals surface area (Å²) in [5.74, 6) is 0.864. The van der Waals surface area contributed by atoms with Crippen molar-refractivity contribution in [1.29, 1.82) is 0 Å². The van der Waals surface area contributed by atoms with Crippen LogP contribution in [0.3, 0.4) is 0 Å². The van der Waals surface area contributed by atoms with Crippen molar-refractivity contribution >= 4 is 27.5 Å². The number of ether oxygens (including phenoxy) is 1. The third kappa shape index (κ3) is 5.44. The minimum Gasteiger partial charge on any atom is -0.491 e. The van der Waals surface area contributed by atoms with Crippen LogP contribution in [0, 0.1) is 0 Å². The zero-order chi connectivity index (χ0) is 15.1. The molecule has 1 aliphatic heterocycles. The summed E-state index contributed by atoms with van der Waals surface area (Å²) in [7, 11) is 2.02. The third-order valence-corrected chi connectivity index (χ3v) is 4.86. The third-order valence-electron chi connectivity index (χ3n) is 4.01. The number of benzene rings is 1. The van der Waals surface area contributed by atoms with Gasteiger partial charge >= 0.3 is 0 Å². The SMILES string of the molecule is CNCCC1CCCCN1CCOc1ccc(Cl)cc1Br. The standard InChI is InChI=1S/C16H24BrClN2O/c1-19-8-7-14-4-2-3-9-20(14)10-11-21-16-6-5-13(18)12-15(16)17/h5-6,12,14,19H,2-4,7-11H2,1H3. The van der Waals surface area contributed by atoms with Crippen LogP contribution in [0.5, 0.6) is 5.75 Å². The van der Waals surface area contributed by atoms with E-state index in [1.807, 2.05) is 25.2 Å². The van der Waals surface area contributed by atoms with Crippen LogP contribution in [0.15, 0.2) is 22.7 Å². The van der Waals surface area contributed by atoms with Gasteiger partial charge in [-0.1, -0.05) is 18.0 Å². The van der Waals surface area contributed by atoms with Crippen molar-refractivity contribution in [2.24, 2.45) is 0 Å². The van der Waals surface area contributed by atoms with Gasteiger partial charge in [-0.15, -0.1) is 0 Å². The normalized spacial score (nSPS) is 19.7. The smallest absolute Gasteiger partial charge is 0.133 e. The summed E-state index contributed by atoms with van der Waals surface area (Å²) in [5, 5.41) is 3.97. The van der Waals surface area contributed by atoms with Crippen LogP contribution in [0.4, 0.5) is 0 Å². The molecule has 0 aliphatic carbocycles. The molecule has 21 heavy (non-hydrogen) atoms. The van der Waals surface area contributed by atoms with E-state index in [-0.39, 0.29) is 0 Å². The van der Waals surface area contributed by atoms with Gasteiger partial charge in [0.25, 0.3) is 0 Å². The van der Waals surface area contributed by atoms with Crippen LogP contribution < -0.4 is 10.1 Å². The fraction of sp³-hybridized carbons (Fsp3) is 0.625. The number of nitrogens with zero attached hydrogens (tertiary/aromatic N) is 1. The number of hydrogen-bond acceptors (Lipinski definition) is 3. The first-order chi connectivity index (χ1) is 10.2. The summed E-state index contributed by atoms with van der Waals surface area (Å²) < 4.78 is 6.80. The molecular weight excluding hydrogens is 352 g/mol. The van der Waals surface area contributed by atoms with Gasteiger partial charge in [-0.25, -0.2) is 0 Å². The zero-order valence-corrected chi connectivity index (χ0v) is 14.9. The average Bonchev–Trinajstić information content (AvgIpc) is 2.48. The van der Waals surface area contributed by atoms with E-state index in [9.17, 15) is 0 Å². The maximum atomic E-state index is 5.94. The Labute approximate surface area is 141 Å². The van der Waals surface area contributed by atoms with E-state index in [0.29, 0.717) is 6.04 Å². The lowest BCUT2D eigenvalue weighted by atomic mass is 9.99. The lowest BCUT2D eigenvalue weighted by Gasteiger charge is -2.35. The molecule has 1 atom stereocenters. The monoisotopic (exact) mass is 374 g/mol. The Morgan fingerprint density at radius 3 is 3.05 bits per heavy atom. The highest BCUT2D eigenvalue weighted by Gasteiger charge is 2.21. The molecule has 1 fully saturated rings. The molecule has 1 aliphatic rings. The Morgan fingerprint density at radius 2 is 2.29 bits per heavy atom. The first-order valence-electron chi connectivity index (χ1n) is 7.67. The summed E-state index contributed by atoms with van der Waals surface area (Å²) in [5.41, 5.74) is 0. The fourth-order valence-electron chi connectivity index (χ4n) is 2.86. The predicted molar refractivity (Wildman–Crippen MR) is 92.4 cm³/mol. The Balaban J connectivity index is 1.80. The molecule has 1 saturated heterocycles. The molecule has 1 aromatic rings. The molecule has 0 spiro atoms. The molecule has 0 aromatic heterocycles. The largest absolute Gasteiger partial charge is 0.491 e. The topological polar surface area (TPSA) is 24.5 Å². The van der Waals surface area contributed by atoms with E-state index >= 15 is 0 Å². The Kier molecular flexibility index (Phi) is 7.30. The van der Waals surface area contributed by atoms with E-state index in [1.54, 1.807) is 0 Å². The molecule has 1 aromatic carbocycles. The van der Waals surface area contributed by atoms with Gasteiger partial charge in [0, 0.05) is 17.6 Å². The number of hydrogen-bond donors (Lipinski definition) is 1. The lowest BCUT2D eigenvalue weighted by molar-refractivity contribution is 0.117. The summed E-state index contributed by atoms with van der Waals surface area (Å²) in [6, 6.07) is 6.34. The van der Waals surface area contributed by atoms with Crippen molar-refractivity contribution in [2.75, 3.05) is 33.3 Å². The zero-order valence-electron chi connectivity index (χ0n) is 12.6. The highest BCUT2D eigenvalue weighted by Crippen LogP contribution is 2.28. The van der Waals surface area contributed by atoms with Gasteiger partial charge in [-0.3, -0.25) is 4.90 Å². The van der Waals surface area contributed by atoms with Crippen LogP contribution in [-0.2, 0) is 0 Å². The van der Waals surface area contributed by atoms with Crippen molar-refractivity contribution in [3.05, 3.63) is 27.7 Å². The summed E-state index contributed by atoms with van der Waals surface area (Å²) >= 11 is 9.43. The average molecular weight is 376 g/mol. The van der Waals surface area contributed by atoms with Gasteiger partial charge in [0.15, 0.2) is 0 Å². The molecule has 0 radical (unpaired) electrons. The van der Waals surface area contributed by atoms with Gasteiger partial charge in [0.1, 0.15) is 12.4 Å². The number of nitrogens with one attached hydrogen (secondary N) is 1. The second-order valence-corrected chi connectivity index (χ2v) is 6.79. The number of rotatable bonds is 7. The summed E-state index contributed by atoms with van der Waals surface area (Å²) in [6.45, 7) is 3.99. The van der Waals surface area contributed by atoms with Gasteiger partial charge in [-0.05, 0) is 73.5 Å². The maximum Gasteiger partial charge on any atom is 0.133 e. The maximum absolute atomic E-state index is 5.94. The molecule has 118 valence electrons. The van der Waals surface area contributed by atoms with Crippen LogP contribution in [-0.4, -0.2) is 44.2 Å². The van der Waals surface area contributed by atoms with Crippen LogP contribution in [0.2, 0.25) is 5.02 Å². The van der Waals surface area contributed by atoms with Crippen LogP contribution >= 0.6 is 27.5 Å². The molecule has 1 unspecified atom stereocenters. The molecule has 2 rings (SSSR count). The van der Waals surface area contributed by atoms with E-state index in [0.717, 1.165) is 34.9 Å². The van der Waals surface area contributed by atoms with Gasteiger partial charge in [0.05, 0.1) is 4.47 Å². The van der Waals surface area contributed by atoms with Crippen LogP contribution in [0.25, 0.3) is 0 Å². The molecule has 1 heterocycles. The van der Waals surface area contributed by atoms with E-state index in [1.165, 1.54) is 32.2 Å². The van der Waals surface area contributed by atoms with Gasteiger partial charge < -0.3 is 10.1 Å². The first kappa shape index (κ1) is 17.1. The van der Waals surface area contributed by atoms with Crippen molar-refractivity contribution in [1.82, 2.24) is 10.2 Å². The molecule has 1 N–H and O–H groups in total. The Hall–Kier alpha value is -0.290. The van der Waals surface area contributed by atoms with Gasteiger partial charge in [-0.2, -0.15) is 0 Å². The molecule has 0 amide bonds. The highest BCUT2D eigenvalue weighted by molar-refractivity contribution is 9.10. The van der Waals surface area contributed by atoms with E-state index in [2.05, 4.69) is 26.1 Å². The number of halogens is 2. The second kappa shape index (κ2) is 8.99. The Bertz CT molecular complexity index is 444. The molecule has 3 nitrogen and oxygen atoms in total. The minimum atomic E-state index is 0.698. The predicted octanol–water partition coefficient (Wildman–Crippen LogP) is 3.95. The number of piperidine rings is 1. The minimum absolute atomic E-state index is 0.698. The lowest BCUT2D eigenvalue weighted by Crippen LogP contribution is -2.43. The Morgan fingerprint density at radius 1 is 1.43 bits per heavy atom. The van der Waals surface area contributed by atoms with E-state index in [4.69, 9.17) is 16.3 Å². The van der Waals surface area contributed by atoms with Crippen molar-refractivity contribution in [2.45, 2.75) is 31.7 Å². The number of likely N-dealkylation sites (tertiary alicyclic amines) is 1. The highest BCUT2D eigenvalue weighted by atomic mass is 79.9. The van der Waals surface area contributed by atoms with Crippen molar-refractivity contribution in [3.8, 4) is 5.75 Å². The summed E-state index contributed by atoms with van der Waals surface area (Å²) in [6.07, 6.45) is 5.20. The fourth-order valence-corrected chi connectivity index (χ4v) is 3.65. The molecule has 0 bridgehead atoms. The van der Waals surface area contributed by atoms with E-state index < -0.39 is 0 Å². The first-order valence-corrected chi connectivity index (χ1v) is 8.84. The van der Waals surface area contributed by atoms with Crippen molar-refractivity contribution in [3.63, 3.8) is 0 Å².